The minimum Gasteiger partial charge on any atom is -0.356 e. The van der Waals surface area contributed by atoms with Gasteiger partial charge in [0.05, 0.1) is 5.75 Å². The molecule has 5 nitrogen and oxygen atoms in total. The first-order valence-corrected chi connectivity index (χ1v) is 9.32. The zero-order valence-electron chi connectivity index (χ0n) is 13.9. The largest absolute Gasteiger partial charge is 0.356 e. The summed E-state index contributed by atoms with van der Waals surface area (Å²) in [5.74, 6) is 1.28. The number of carbonyl (C=O) groups excluding carboxylic acids is 1. The fourth-order valence-corrected chi connectivity index (χ4v) is 3.35. The molecular formula is C18H22N4OS. The standard InChI is InChI=1S/C18H22N4OS/c1-2-14-5-7-15(8-6-14)21-17(23)12-24-18-11-16(19-13-20-18)22-9-3-4-10-22/h5-8,11,13H,2-4,9-10,12H2,1H3,(H,21,23). The molecule has 1 N–H and O–H groups in total. The van der Waals surface area contributed by atoms with Crippen LogP contribution in [0.3, 0.4) is 0 Å². The lowest BCUT2D eigenvalue weighted by Crippen LogP contribution is -2.19. The van der Waals surface area contributed by atoms with E-state index in [1.54, 1.807) is 6.33 Å². The minimum atomic E-state index is -0.0226. The Labute approximate surface area is 146 Å². The maximum Gasteiger partial charge on any atom is 0.234 e. The van der Waals surface area contributed by atoms with Crippen molar-refractivity contribution < 1.29 is 4.79 Å². The molecule has 1 saturated heterocycles. The molecule has 24 heavy (non-hydrogen) atoms. The van der Waals surface area contributed by atoms with Crippen LogP contribution in [0.5, 0.6) is 0 Å². The molecule has 2 heterocycles. The van der Waals surface area contributed by atoms with E-state index in [1.807, 2.05) is 30.3 Å². The Morgan fingerprint density at radius 3 is 2.67 bits per heavy atom. The van der Waals surface area contributed by atoms with Crippen LogP contribution in [0.1, 0.15) is 25.3 Å². The number of hydrogen-bond donors (Lipinski definition) is 1. The van der Waals surface area contributed by atoms with Gasteiger partial charge in [0.15, 0.2) is 0 Å². The second-order valence-electron chi connectivity index (χ2n) is 5.80. The van der Waals surface area contributed by atoms with Gasteiger partial charge in [-0.15, -0.1) is 0 Å². The van der Waals surface area contributed by atoms with Gasteiger partial charge in [0.2, 0.25) is 5.91 Å². The highest BCUT2D eigenvalue weighted by Gasteiger charge is 2.14. The third kappa shape index (κ3) is 4.47. The van der Waals surface area contributed by atoms with E-state index in [-0.39, 0.29) is 5.91 Å². The number of aryl methyl sites for hydroxylation is 1. The zero-order valence-corrected chi connectivity index (χ0v) is 14.7. The van der Waals surface area contributed by atoms with Crippen molar-refractivity contribution >= 4 is 29.2 Å². The number of amides is 1. The molecule has 0 saturated carbocycles. The van der Waals surface area contributed by atoms with Crippen LogP contribution in [-0.2, 0) is 11.2 Å². The first-order valence-electron chi connectivity index (χ1n) is 8.33. The van der Waals surface area contributed by atoms with E-state index in [2.05, 4.69) is 27.1 Å². The highest BCUT2D eigenvalue weighted by atomic mass is 32.2. The molecule has 1 aromatic carbocycles. The molecular weight excluding hydrogens is 320 g/mol. The van der Waals surface area contributed by atoms with Gasteiger partial charge in [0.1, 0.15) is 17.2 Å². The summed E-state index contributed by atoms with van der Waals surface area (Å²) in [7, 11) is 0. The van der Waals surface area contributed by atoms with Crippen molar-refractivity contribution in [3.05, 3.63) is 42.2 Å². The van der Waals surface area contributed by atoms with Crippen molar-refractivity contribution in [2.45, 2.75) is 31.2 Å². The molecule has 1 aliphatic rings. The lowest BCUT2D eigenvalue weighted by molar-refractivity contribution is -0.113. The Morgan fingerprint density at radius 1 is 1.21 bits per heavy atom. The Kier molecular flexibility index (Phi) is 5.69. The normalized spacial score (nSPS) is 14.0. The smallest absolute Gasteiger partial charge is 0.234 e. The first kappa shape index (κ1) is 16.8. The maximum absolute atomic E-state index is 12.1. The van der Waals surface area contributed by atoms with Crippen LogP contribution in [0.25, 0.3) is 0 Å². The summed E-state index contributed by atoms with van der Waals surface area (Å²) in [5, 5.41) is 3.76. The van der Waals surface area contributed by atoms with E-state index in [9.17, 15) is 4.79 Å². The molecule has 0 radical (unpaired) electrons. The minimum absolute atomic E-state index is 0.0226. The van der Waals surface area contributed by atoms with Crippen LogP contribution in [0.2, 0.25) is 0 Å². The van der Waals surface area contributed by atoms with Gasteiger partial charge in [-0.1, -0.05) is 30.8 Å². The van der Waals surface area contributed by atoms with Crippen LogP contribution in [0.15, 0.2) is 41.7 Å². The topological polar surface area (TPSA) is 58.1 Å². The van der Waals surface area contributed by atoms with Crippen molar-refractivity contribution in [1.82, 2.24) is 9.97 Å². The van der Waals surface area contributed by atoms with E-state index in [0.29, 0.717) is 5.75 Å². The van der Waals surface area contributed by atoms with Gasteiger partial charge in [0, 0.05) is 24.8 Å². The van der Waals surface area contributed by atoms with Crippen molar-refractivity contribution in [2.24, 2.45) is 0 Å². The predicted molar refractivity (Wildman–Crippen MR) is 98.7 cm³/mol. The third-order valence-electron chi connectivity index (χ3n) is 4.05. The van der Waals surface area contributed by atoms with Gasteiger partial charge >= 0.3 is 0 Å². The van der Waals surface area contributed by atoms with Crippen molar-refractivity contribution in [3.63, 3.8) is 0 Å². The summed E-state index contributed by atoms with van der Waals surface area (Å²) in [6.07, 6.45) is 5.01. The summed E-state index contributed by atoms with van der Waals surface area (Å²) in [4.78, 5) is 23.0. The molecule has 126 valence electrons. The monoisotopic (exact) mass is 342 g/mol. The number of thioether (sulfide) groups is 1. The summed E-state index contributed by atoms with van der Waals surface area (Å²) in [6.45, 7) is 4.22. The van der Waals surface area contributed by atoms with Crippen LogP contribution in [0.4, 0.5) is 11.5 Å². The van der Waals surface area contributed by atoms with Crippen molar-refractivity contribution in [2.75, 3.05) is 29.1 Å². The molecule has 6 heteroatoms. The van der Waals surface area contributed by atoms with E-state index in [0.717, 1.165) is 36.0 Å². The molecule has 2 aromatic rings. The number of hydrogen-bond acceptors (Lipinski definition) is 5. The number of benzene rings is 1. The Morgan fingerprint density at radius 2 is 1.96 bits per heavy atom. The fourth-order valence-electron chi connectivity index (χ4n) is 2.69. The average molecular weight is 342 g/mol. The average Bonchev–Trinajstić information content (AvgIpc) is 3.16. The lowest BCUT2D eigenvalue weighted by Gasteiger charge is -2.16. The Hall–Kier alpha value is -2.08. The summed E-state index contributed by atoms with van der Waals surface area (Å²) < 4.78 is 0. The lowest BCUT2D eigenvalue weighted by atomic mass is 10.1. The molecule has 1 amide bonds. The second kappa shape index (κ2) is 8.15. The Balaban J connectivity index is 1.52. The van der Waals surface area contributed by atoms with Crippen LogP contribution < -0.4 is 10.2 Å². The van der Waals surface area contributed by atoms with Crippen LogP contribution >= 0.6 is 11.8 Å². The highest BCUT2D eigenvalue weighted by Crippen LogP contribution is 2.22. The van der Waals surface area contributed by atoms with Crippen LogP contribution in [-0.4, -0.2) is 34.7 Å². The van der Waals surface area contributed by atoms with Crippen LogP contribution in [0, 0.1) is 0 Å². The predicted octanol–water partition coefficient (Wildman–Crippen LogP) is 3.37. The van der Waals surface area contributed by atoms with Crippen molar-refractivity contribution in [3.8, 4) is 0 Å². The number of rotatable bonds is 6. The Bertz CT molecular complexity index is 684. The van der Waals surface area contributed by atoms with Gasteiger partial charge in [-0.3, -0.25) is 4.79 Å². The quantitative estimate of drug-likeness (QED) is 0.644. The number of anilines is 2. The molecule has 0 aliphatic carbocycles. The number of nitrogens with one attached hydrogen (secondary N) is 1. The summed E-state index contributed by atoms with van der Waals surface area (Å²) in [5.41, 5.74) is 2.09. The number of nitrogens with zero attached hydrogens (tertiary/aromatic N) is 3. The van der Waals surface area contributed by atoms with E-state index < -0.39 is 0 Å². The molecule has 3 rings (SSSR count). The van der Waals surface area contributed by atoms with E-state index in [4.69, 9.17) is 0 Å². The summed E-state index contributed by atoms with van der Waals surface area (Å²) >= 11 is 1.44. The molecule has 0 bridgehead atoms. The van der Waals surface area contributed by atoms with Gasteiger partial charge in [-0.05, 0) is 37.0 Å². The van der Waals surface area contributed by atoms with E-state index in [1.165, 1.54) is 30.2 Å². The van der Waals surface area contributed by atoms with Gasteiger partial charge in [-0.25, -0.2) is 9.97 Å². The number of carbonyl (C=O) groups is 1. The molecule has 0 spiro atoms. The molecule has 0 atom stereocenters. The number of aromatic nitrogens is 2. The highest BCUT2D eigenvalue weighted by molar-refractivity contribution is 7.99. The molecule has 1 aliphatic heterocycles. The second-order valence-corrected chi connectivity index (χ2v) is 6.79. The zero-order chi connectivity index (χ0) is 16.8. The maximum atomic E-state index is 12.1. The first-order chi connectivity index (χ1) is 11.7. The SMILES string of the molecule is CCc1ccc(NC(=O)CSc2cc(N3CCCC3)ncn2)cc1. The third-order valence-corrected chi connectivity index (χ3v) is 4.98. The van der Waals surface area contributed by atoms with Crippen molar-refractivity contribution in [1.29, 1.82) is 0 Å². The van der Waals surface area contributed by atoms with Gasteiger partial charge in [-0.2, -0.15) is 0 Å². The van der Waals surface area contributed by atoms with Gasteiger partial charge < -0.3 is 10.2 Å². The van der Waals surface area contributed by atoms with Gasteiger partial charge in [0.25, 0.3) is 0 Å². The molecule has 0 unspecified atom stereocenters. The summed E-state index contributed by atoms with van der Waals surface area (Å²) in [6, 6.07) is 9.93. The van der Waals surface area contributed by atoms with E-state index >= 15 is 0 Å². The molecule has 1 fully saturated rings. The molecule has 1 aromatic heterocycles. The fraction of sp³-hybridized carbons (Fsp3) is 0.389.